The van der Waals surface area contributed by atoms with E-state index in [2.05, 4.69) is 12.6 Å². The topological polar surface area (TPSA) is 74.7 Å². The second-order valence-corrected chi connectivity index (χ2v) is 2.81. The number of hydrogen-bond acceptors (Lipinski definition) is 4. The van der Waals surface area contributed by atoms with E-state index in [1.165, 1.54) is 0 Å². The monoisotopic (exact) mass is 229 g/mol. The molecule has 1 atom stereocenters. The van der Waals surface area contributed by atoms with E-state index < -0.39 is 23.8 Å². The second kappa shape index (κ2) is 7.28. The van der Waals surface area contributed by atoms with Crippen molar-refractivity contribution in [2.24, 2.45) is 0 Å². The minimum absolute atomic E-state index is 0. The Kier molecular flexibility index (Phi) is 8.52. The molecule has 0 heterocycles. The smallest absolute Gasteiger partial charge is 1.00 e. The number of carbonyl (C=O) groups is 3. The average Bonchev–Trinajstić information content (AvgIpc) is 1.97. The third kappa shape index (κ3) is 4.45. The fourth-order valence-corrected chi connectivity index (χ4v) is 1.25. The van der Waals surface area contributed by atoms with E-state index in [0.29, 0.717) is 4.90 Å². The van der Waals surface area contributed by atoms with Gasteiger partial charge in [-0.2, -0.15) is 12.6 Å². The summed E-state index contributed by atoms with van der Waals surface area (Å²) >= 11 is 3.76. The van der Waals surface area contributed by atoms with Gasteiger partial charge in [0.15, 0.2) is 0 Å². The largest absolute Gasteiger partial charge is 1.00 e. The molecule has 0 spiro atoms. The molecule has 5 nitrogen and oxygen atoms in total. The van der Waals surface area contributed by atoms with Crippen molar-refractivity contribution >= 4 is 30.4 Å². The van der Waals surface area contributed by atoms with Gasteiger partial charge < -0.3 is 6.53 Å². The first-order chi connectivity index (χ1) is 5.91. The van der Waals surface area contributed by atoms with E-state index in [1.54, 1.807) is 0 Å². The van der Waals surface area contributed by atoms with E-state index in [1.807, 2.05) is 0 Å². The van der Waals surface area contributed by atoms with Crippen LogP contribution in [-0.4, -0.2) is 39.6 Å². The van der Waals surface area contributed by atoms with Crippen molar-refractivity contribution in [3.63, 3.8) is 0 Å². The quantitative estimate of drug-likeness (QED) is 0.397. The minimum atomic E-state index is -1.24. The fourth-order valence-electron chi connectivity index (χ4n) is 0.931. The Bertz CT molecular complexity index is 237. The fraction of sp³-hybridized carbons (Fsp3) is 0.571. The maximum Gasteiger partial charge on any atom is 1.00 e. The number of hydrogen-bond donors (Lipinski definition) is 2. The molecule has 2 amide bonds. The summed E-state index contributed by atoms with van der Waals surface area (Å²) < 4.78 is 0. The van der Waals surface area contributed by atoms with Crippen LogP contribution in [0, 0.1) is 0 Å². The van der Waals surface area contributed by atoms with Crippen molar-refractivity contribution in [2.75, 3.05) is 5.75 Å². The third-order valence-corrected chi connectivity index (χ3v) is 1.79. The summed E-state index contributed by atoms with van der Waals surface area (Å²) in [5, 5.41) is 8.65. The normalized spacial score (nSPS) is 11.1. The first-order valence-corrected chi connectivity index (χ1v) is 4.19. The number of nitrogens with zero attached hydrogens (tertiary/aromatic N) is 1. The average molecular weight is 229 g/mol. The molecule has 7 heteroatoms. The molecule has 0 aliphatic rings. The number of carbonyl (C=O) groups excluding carboxylic acids is 2. The molecule has 0 saturated heterocycles. The summed E-state index contributed by atoms with van der Waals surface area (Å²) in [4.78, 5) is 33.1. The molecule has 0 bridgehead atoms. The van der Waals surface area contributed by atoms with Gasteiger partial charge in [-0.3, -0.25) is 14.5 Å². The van der Waals surface area contributed by atoms with Crippen LogP contribution in [0.15, 0.2) is 0 Å². The first kappa shape index (κ1) is 16.4. The number of carboxylic acid groups (broad SMARTS) is 1. The molecule has 0 aromatic carbocycles. The van der Waals surface area contributed by atoms with Gasteiger partial charge in [0, 0.05) is 19.6 Å². The van der Waals surface area contributed by atoms with Crippen molar-refractivity contribution in [3.05, 3.63) is 0 Å². The van der Waals surface area contributed by atoms with Gasteiger partial charge in [0.25, 0.3) is 0 Å². The van der Waals surface area contributed by atoms with Crippen LogP contribution in [0.5, 0.6) is 0 Å². The van der Waals surface area contributed by atoms with Crippen LogP contribution in [0.25, 0.3) is 0 Å². The van der Waals surface area contributed by atoms with Crippen LogP contribution in [0.3, 0.4) is 0 Å². The number of aliphatic carboxylic acids is 1. The van der Waals surface area contributed by atoms with Crippen molar-refractivity contribution in [1.82, 2.24) is 4.90 Å². The van der Waals surface area contributed by atoms with E-state index in [-0.39, 0.29) is 36.7 Å². The molecule has 0 aliphatic carbocycles. The van der Waals surface area contributed by atoms with Crippen LogP contribution in [-0.2, 0) is 14.4 Å². The molecule has 0 aromatic rings. The molecule has 0 aliphatic heterocycles. The van der Waals surface area contributed by atoms with Crippen LogP contribution in [0.2, 0.25) is 0 Å². The number of amides is 2. The summed E-state index contributed by atoms with van der Waals surface area (Å²) in [7, 11) is 0. The van der Waals surface area contributed by atoms with E-state index in [9.17, 15) is 14.4 Å². The second-order valence-electron chi connectivity index (χ2n) is 2.44. The number of imide groups is 1. The van der Waals surface area contributed by atoms with Crippen molar-refractivity contribution in [3.8, 4) is 0 Å². The van der Waals surface area contributed by atoms with E-state index in [4.69, 9.17) is 5.11 Å². The maximum absolute atomic E-state index is 10.9. The van der Waals surface area contributed by atoms with Gasteiger partial charge in [0.1, 0.15) is 6.04 Å². The number of thiol groups is 1. The summed E-state index contributed by atoms with van der Waals surface area (Å²) in [5.41, 5.74) is 0. The number of carboxylic acids is 1. The van der Waals surface area contributed by atoms with Gasteiger partial charge in [-0.05, 0) is 0 Å². The third-order valence-electron chi connectivity index (χ3n) is 1.45. The molecule has 14 heavy (non-hydrogen) atoms. The van der Waals surface area contributed by atoms with E-state index >= 15 is 0 Å². The minimum Gasteiger partial charge on any atom is -1.00 e. The Balaban J connectivity index is -0.000000720. The molecule has 76 valence electrons. The van der Waals surface area contributed by atoms with Gasteiger partial charge in [-0.25, -0.2) is 4.79 Å². The summed E-state index contributed by atoms with van der Waals surface area (Å²) in [6, 6.07) is -1.18. The summed E-state index contributed by atoms with van der Waals surface area (Å²) in [6.45, 7) is 2.28. The zero-order valence-corrected chi connectivity index (χ0v) is 11.2. The molecule has 0 unspecified atom stereocenters. The van der Waals surface area contributed by atoms with Crippen molar-refractivity contribution in [2.45, 2.75) is 19.9 Å². The van der Waals surface area contributed by atoms with Crippen LogP contribution in [0.1, 0.15) is 15.3 Å². The van der Waals surface area contributed by atoms with Gasteiger partial charge in [0.2, 0.25) is 11.8 Å². The van der Waals surface area contributed by atoms with E-state index in [0.717, 1.165) is 13.8 Å². The first-order valence-electron chi connectivity index (χ1n) is 3.55. The molecule has 0 saturated carbocycles. The Morgan fingerprint density at radius 3 is 1.79 bits per heavy atom. The maximum atomic E-state index is 10.9. The Morgan fingerprint density at radius 1 is 1.36 bits per heavy atom. The standard InChI is InChI=1S/C7H11NO4S.Na.H/c1-4(9)8(5(2)10)6(3-13)7(11)12;;/h6,13H,3H2,1-2H3,(H,11,12);;/q;+1;-1/t6-;;/m0../s1. The molecular weight excluding hydrogens is 217 g/mol. The summed E-state index contributed by atoms with van der Waals surface area (Å²) in [6.07, 6.45) is 0. The van der Waals surface area contributed by atoms with Crippen LogP contribution >= 0.6 is 12.6 Å². The summed E-state index contributed by atoms with van der Waals surface area (Å²) in [5.74, 6) is -2.50. The molecule has 0 fully saturated rings. The zero-order valence-electron chi connectivity index (χ0n) is 9.35. The Labute approximate surface area is 111 Å². The SMILES string of the molecule is CC(=O)N(C(C)=O)[C@@H](CS)C(=O)O.[H-].[Na+]. The molecule has 0 aromatic heterocycles. The number of rotatable bonds is 3. The van der Waals surface area contributed by atoms with Crippen molar-refractivity contribution < 1.29 is 50.5 Å². The van der Waals surface area contributed by atoms with Gasteiger partial charge in [-0.1, -0.05) is 0 Å². The van der Waals surface area contributed by atoms with Crippen LogP contribution < -0.4 is 29.6 Å². The molecular formula is C7H12NNaO4S. The Morgan fingerprint density at radius 2 is 1.71 bits per heavy atom. The van der Waals surface area contributed by atoms with Gasteiger partial charge in [0.05, 0.1) is 0 Å². The van der Waals surface area contributed by atoms with Gasteiger partial charge >= 0.3 is 35.5 Å². The molecule has 0 rings (SSSR count). The predicted molar refractivity (Wildman–Crippen MR) is 49.6 cm³/mol. The molecule has 1 N–H and O–H groups in total. The zero-order chi connectivity index (χ0) is 10.6. The molecule has 0 radical (unpaired) electrons. The van der Waals surface area contributed by atoms with Crippen molar-refractivity contribution in [1.29, 1.82) is 0 Å². The van der Waals surface area contributed by atoms with Crippen LogP contribution in [0.4, 0.5) is 0 Å². The van der Waals surface area contributed by atoms with Gasteiger partial charge in [-0.15, -0.1) is 0 Å². The predicted octanol–water partition coefficient (Wildman–Crippen LogP) is -3.12. The Hall–Kier alpha value is -0.0400.